The predicted molar refractivity (Wildman–Crippen MR) is 62.6 cm³/mol. The van der Waals surface area contributed by atoms with Crippen LogP contribution in [0.3, 0.4) is 0 Å². The molecule has 0 fully saturated rings. The quantitative estimate of drug-likeness (QED) is 0.607. The molecule has 72 valence electrons. The molecule has 0 spiro atoms. The van der Waals surface area contributed by atoms with Gasteiger partial charge in [-0.1, -0.05) is 11.6 Å². The summed E-state index contributed by atoms with van der Waals surface area (Å²) in [5.74, 6) is -0.187. The van der Waals surface area contributed by atoms with Crippen LogP contribution in [0.5, 0.6) is 0 Å². The lowest BCUT2D eigenvalue weighted by Crippen LogP contribution is -1.97. The van der Waals surface area contributed by atoms with Crippen molar-refractivity contribution in [2.75, 3.05) is 0 Å². The molecule has 0 aliphatic carbocycles. The van der Waals surface area contributed by atoms with E-state index in [0.717, 1.165) is 3.57 Å². The van der Waals surface area contributed by atoms with Crippen molar-refractivity contribution in [3.8, 4) is 0 Å². The van der Waals surface area contributed by atoms with Crippen LogP contribution in [0.2, 0.25) is 5.02 Å². The monoisotopic (exact) mass is 350 g/mol. The normalized spacial score (nSPS) is 11.6. The third kappa shape index (κ3) is 4.01. The molecule has 0 aliphatic rings. The summed E-state index contributed by atoms with van der Waals surface area (Å²) in [4.78, 5) is 0. The van der Waals surface area contributed by atoms with E-state index in [1.165, 1.54) is 0 Å². The van der Waals surface area contributed by atoms with Crippen molar-refractivity contribution in [1.29, 1.82) is 0 Å². The first-order valence-electron chi connectivity index (χ1n) is 3.25. The molecule has 6 heteroatoms. The largest absolute Gasteiger partial charge is 0.236 e. The van der Waals surface area contributed by atoms with E-state index in [0.29, 0.717) is 10.6 Å². The minimum atomic E-state index is -3.51. The predicted octanol–water partition coefficient (Wildman–Crippen LogP) is 3.01. The standard InChI is InChI=1S/C7H5Cl2IO2S/c8-6-1-2-7(10)5(3-6)4-13(9,11)12/h1-3H,4H2. The van der Waals surface area contributed by atoms with E-state index in [9.17, 15) is 8.42 Å². The molecule has 0 aromatic heterocycles. The van der Waals surface area contributed by atoms with Crippen molar-refractivity contribution in [2.24, 2.45) is 0 Å². The summed E-state index contributed by atoms with van der Waals surface area (Å²) in [6.45, 7) is 0. The molecule has 0 unspecified atom stereocenters. The Morgan fingerprint density at radius 2 is 2.00 bits per heavy atom. The number of hydrogen-bond acceptors (Lipinski definition) is 2. The van der Waals surface area contributed by atoms with Crippen LogP contribution in [0.4, 0.5) is 0 Å². The van der Waals surface area contributed by atoms with Crippen molar-refractivity contribution in [3.63, 3.8) is 0 Å². The van der Waals surface area contributed by atoms with Crippen LogP contribution >= 0.6 is 44.9 Å². The first-order valence-corrected chi connectivity index (χ1v) is 7.18. The van der Waals surface area contributed by atoms with Gasteiger partial charge in [0.25, 0.3) is 0 Å². The lowest BCUT2D eigenvalue weighted by molar-refractivity contribution is 0.609. The molecule has 0 N–H and O–H groups in total. The van der Waals surface area contributed by atoms with E-state index in [1.807, 2.05) is 22.6 Å². The molecular weight excluding hydrogens is 346 g/mol. The molecular formula is C7H5Cl2IO2S. The Labute approximate surface area is 99.8 Å². The van der Waals surface area contributed by atoms with Crippen LogP contribution in [-0.4, -0.2) is 8.42 Å². The fourth-order valence-corrected chi connectivity index (χ4v) is 2.78. The van der Waals surface area contributed by atoms with Gasteiger partial charge in [0.1, 0.15) is 0 Å². The molecule has 1 aromatic rings. The molecule has 0 radical (unpaired) electrons. The molecule has 0 amide bonds. The van der Waals surface area contributed by atoms with Gasteiger partial charge in [0.2, 0.25) is 9.05 Å². The van der Waals surface area contributed by atoms with Crippen LogP contribution in [0.15, 0.2) is 18.2 Å². The van der Waals surface area contributed by atoms with Gasteiger partial charge in [-0.25, -0.2) is 8.42 Å². The van der Waals surface area contributed by atoms with Gasteiger partial charge in [-0.05, 0) is 46.4 Å². The Hall–Kier alpha value is 0.480. The fraction of sp³-hybridized carbons (Fsp3) is 0.143. The van der Waals surface area contributed by atoms with E-state index >= 15 is 0 Å². The Morgan fingerprint density at radius 3 is 2.54 bits per heavy atom. The highest BCUT2D eigenvalue weighted by Gasteiger charge is 2.10. The summed E-state index contributed by atoms with van der Waals surface area (Å²) in [7, 11) is 1.61. The average molecular weight is 351 g/mol. The summed E-state index contributed by atoms with van der Waals surface area (Å²) in [5.41, 5.74) is 0.628. The van der Waals surface area contributed by atoms with Crippen molar-refractivity contribution in [3.05, 3.63) is 32.4 Å². The van der Waals surface area contributed by atoms with Crippen LogP contribution in [0.25, 0.3) is 0 Å². The molecule has 2 nitrogen and oxygen atoms in total. The van der Waals surface area contributed by atoms with E-state index in [2.05, 4.69) is 0 Å². The van der Waals surface area contributed by atoms with Gasteiger partial charge in [-0.3, -0.25) is 0 Å². The third-order valence-corrected chi connectivity index (χ3v) is 3.61. The zero-order valence-corrected chi connectivity index (χ0v) is 10.8. The SMILES string of the molecule is O=S(=O)(Cl)Cc1cc(Cl)ccc1I. The van der Waals surface area contributed by atoms with E-state index in [4.69, 9.17) is 22.3 Å². The third-order valence-electron chi connectivity index (χ3n) is 1.34. The first kappa shape index (κ1) is 11.6. The van der Waals surface area contributed by atoms with Gasteiger partial charge >= 0.3 is 0 Å². The van der Waals surface area contributed by atoms with Gasteiger partial charge in [-0.2, -0.15) is 0 Å². The van der Waals surface area contributed by atoms with Crippen LogP contribution in [0, 0.1) is 3.57 Å². The lowest BCUT2D eigenvalue weighted by Gasteiger charge is -2.01. The summed E-state index contributed by atoms with van der Waals surface area (Å²) in [6.07, 6.45) is 0. The number of rotatable bonds is 2. The molecule has 0 saturated heterocycles. The molecule has 0 atom stereocenters. The number of benzene rings is 1. The van der Waals surface area contributed by atoms with Gasteiger partial charge < -0.3 is 0 Å². The maximum absolute atomic E-state index is 10.8. The Morgan fingerprint density at radius 1 is 1.38 bits per heavy atom. The Bertz CT molecular complexity index is 417. The fourth-order valence-electron chi connectivity index (χ4n) is 0.840. The van der Waals surface area contributed by atoms with Crippen molar-refractivity contribution in [1.82, 2.24) is 0 Å². The molecule has 0 heterocycles. The zero-order valence-electron chi connectivity index (χ0n) is 6.30. The molecule has 1 rings (SSSR count). The summed E-state index contributed by atoms with van der Waals surface area (Å²) in [6, 6.07) is 5.05. The van der Waals surface area contributed by atoms with E-state index < -0.39 is 9.05 Å². The smallest absolute Gasteiger partial charge is 0.212 e. The van der Waals surface area contributed by atoms with Crippen LogP contribution < -0.4 is 0 Å². The van der Waals surface area contributed by atoms with Crippen LogP contribution in [-0.2, 0) is 14.8 Å². The summed E-state index contributed by atoms with van der Waals surface area (Å²) in [5, 5.41) is 0.510. The second-order valence-electron chi connectivity index (χ2n) is 2.42. The van der Waals surface area contributed by atoms with Gasteiger partial charge in [0, 0.05) is 19.3 Å². The van der Waals surface area contributed by atoms with Crippen LogP contribution in [0.1, 0.15) is 5.56 Å². The number of halogens is 3. The van der Waals surface area contributed by atoms with Gasteiger partial charge in [0.15, 0.2) is 0 Å². The second kappa shape index (κ2) is 4.33. The van der Waals surface area contributed by atoms with E-state index in [1.54, 1.807) is 18.2 Å². The minimum absolute atomic E-state index is 0.187. The highest BCUT2D eigenvalue weighted by molar-refractivity contribution is 14.1. The topological polar surface area (TPSA) is 34.1 Å². The first-order chi connectivity index (χ1) is 5.88. The van der Waals surface area contributed by atoms with Gasteiger partial charge in [-0.15, -0.1) is 0 Å². The number of hydrogen-bond donors (Lipinski definition) is 0. The maximum atomic E-state index is 10.8. The lowest BCUT2D eigenvalue weighted by atomic mass is 10.2. The molecule has 0 saturated carbocycles. The van der Waals surface area contributed by atoms with E-state index in [-0.39, 0.29) is 5.75 Å². The maximum Gasteiger partial charge on any atom is 0.236 e. The molecule has 13 heavy (non-hydrogen) atoms. The Balaban J connectivity index is 3.08. The highest BCUT2D eigenvalue weighted by Crippen LogP contribution is 2.21. The molecule has 0 bridgehead atoms. The Kier molecular flexibility index (Phi) is 3.85. The summed E-state index contributed by atoms with van der Waals surface area (Å²) < 4.78 is 22.4. The average Bonchev–Trinajstić information content (AvgIpc) is 1.94. The van der Waals surface area contributed by atoms with Crippen molar-refractivity contribution >= 4 is 53.9 Å². The van der Waals surface area contributed by atoms with Crippen molar-refractivity contribution in [2.45, 2.75) is 5.75 Å². The molecule has 0 aliphatic heterocycles. The van der Waals surface area contributed by atoms with Gasteiger partial charge in [0.05, 0.1) is 5.75 Å². The summed E-state index contributed by atoms with van der Waals surface area (Å²) >= 11 is 7.74. The highest BCUT2D eigenvalue weighted by atomic mass is 127. The van der Waals surface area contributed by atoms with Crippen molar-refractivity contribution < 1.29 is 8.42 Å². The second-order valence-corrected chi connectivity index (χ2v) is 6.79. The minimum Gasteiger partial charge on any atom is -0.212 e. The zero-order chi connectivity index (χ0) is 10.1. The molecule has 1 aromatic carbocycles.